The van der Waals surface area contributed by atoms with Gasteiger partial charge in [-0.05, 0) is 56.1 Å². The maximum Gasteiger partial charge on any atom is 0.425 e. The molecule has 8 nitrogen and oxygen atoms in total. The Labute approximate surface area is 180 Å². The number of alkyl halides is 3. The van der Waals surface area contributed by atoms with Gasteiger partial charge in [0.2, 0.25) is 11.6 Å². The largest absolute Gasteiger partial charge is 0.462 e. The average molecular weight is 453 g/mol. The van der Waals surface area contributed by atoms with Gasteiger partial charge < -0.3 is 15.0 Å². The standard InChI is InChI=1S/C19H22F3N7OS/c1-10-7-14(31-27-10)28-8-12-3-4-13(9-28)15(12)24-18-25-16-17(23-5-6-29(16)26-18)30-11(2)19(20,21)22/h5-7,11-13,15H,3-4,8-9H2,1-2H3,(H,24,26)/t11-,12-,13+,15?/m1/s1. The normalized spacial score (nSPS) is 24.5. The van der Waals surface area contributed by atoms with Crippen LogP contribution in [0.15, 0.2) is 18.5 Å². The van der Waals surface area contributed by atoms with E-state index in [-0.39, 0.29) is 17.6 Å². The van der Waals surface area contributed by atoms with E-state index in [9.17, 15) is 13.2 Å². The number of hydrogen-bond acceptors (Lipinski definition) is 8. The Morgan fingerprint density at radius 1 is 1.26 bits per heavy atom. The monoisotopic (exact) mass is 453 g/mol. The smallest absolute Gasteiger partial charge is 0.425 e. The van der Waals surface area contributed by atoms with Crippen molar-refractivity contribution in [2.45, 2.75) is 45.0 Å². The summed E-state index contributed by atoms with van der Waals surface area (Å²) in [6, 6.07) is 2.34. The van der Waals surface area contributed by atoms with Gasteiger partial charge in [-0.15, -0.1) is 5.10 Å². The minimum Gasteiger partial charge on any atom is -0.462 e. The summed E-state index contributed by atoms with van der Waals surface area (Å²) in [6.07, 6.45) is -1.36. The number of aromatic nitrogens is 5. The minimum atomic E-state index is -4.49. The van der Waals surface area contributed by atoms with Gasteiger partial charge in [-0.25, -0.2) is 9.50 Å². The molecule has 0 amide bonds. The first kappa shape index (κ1) is 20.3. The number of anilines is 2. The molecule has 1 saturated heterocycles. The number of nitrogens with one attached hydrogen (secondary N) is 1. The van der Waals surface area contributed by atoms with Crippen LogP contribution in [0.2, 0.25) is 0 Å². The Kier molecular flexibility index (Phi) is 4.91. The first-order chi connectivity index (χ1) is 14.8. The van der Waals surface area contributed by atoms with E-state index in [1.165, 1.54) is 27.2 Å². The molecule has 1 saturated carbocycles. The zero-order valence-corrected chi connectivity index (χ0v) is 17.8. The van der Waals surface area contributed by atoms with E-state index in [0.29, 0.717) is 17.8 Å². The first-order valence-corrected chi connectivity index (χ1v) is 10.9. The van der Waals surface area contributed by atoms with Crippen molar-refractivity contribution < 1.29 is 17.9 Å². The molecule has 31 heavy (non-hydrogen) atoms. The van der Waals surface area contributed by atoms with Crippen LogP contribution in [0.3, 0.4) is 0 Å². The number of halogens is 3. The SMILES string of the molecule is Cc1cc(N2C[C@H]3CC[C@@H](C2)C3Nc2nc3c(O[C@H](C)C(F)(F)F)nccn3n2)sn1. The van der Waals surface area contributed by atoms with Gasteiger partial charge in [0, 0.05) is 31.5 Å². The summed E-state index contributed by atoms with van der Waals surface area (Å²) in [6.45, 7) is 4.81. The van der Waals surface area contributed by atoms with Crippen LogP contribution in [0.25, 0.3) is 5.65 Å². The predicted octanol–water partition coefficient (Wildman–Crippen LogP) is 3.55. The summed E-state index contributed by atoms with van der Waals surface area (Å²) in [4.78, 5) is 10.7. The van der Waals surface area contributed by atoms with E-state index in [0.717, 1.165) is 38.5 Å². The van der Waals surface area contributed by atoms with Crippen molar-refractivity contribution >= 4 is 28.1 Å². The maximum atomic E-state index is 12.9. The zero-order chi connectivity index (χ0) is 21.8. The lowest BCUT2D eigenvalue weighted by molar-refractivity contribution is -0.189. The van der Waals surface area contributed by atoms with Crippen molar-refractivity contribution in [3.63, 3.8) is 0 Å². The van der Waals surface area contributed by atoms with E-state index in [1.807, 2.05) is 6.92 Å². The third-order valence-corrected chi connectivity index (χ3v) is 6.97. The van der Waals surface area contributed by atoms with Crippen LogP contribution < -0.4 is 15.0 Å². The lowest BCUT2D eigenvalue weighted by Gasteiger charge is -2.38. The van der Waals surface area contributed by atoms with Gasteiger partial charge in [0.25, 0.3) is 5.88 Å². The van der Waals surface area contributed by atoms with Crippen molar-refractivity contribution in [3.8, 4) is 5.88 Å². The van der Waals surface area contributed by atoms with Crippen molar-refractivity contribution in [1.82, 2.24) is 24.0 Å². The molecular formula is C19H22F3N7OS. The van der Waals surface area contributed by atoms with Gasteiger partial charge in [-0.2, -0.15) is 22.5 Å². The summed E-state index contributed by atoms with van der Waals surface area (Å²) >= 11 is 1.53. The molecule has 5 rings (SSSR count). The second-order valence-corrected chi connectivity index (χ2v) is 9.00. The number of nitrogens with zero attached hydrogens (tertiary/aromatic N) is 6. The Morgan fingerprint density at radius 3 is 2.65 bits per heavy atom. The van der Waals surface area contributed by atoms with Crippen molar-refractivity contribution in [2.24, 2.45) is 11.8 Å². The molecule has 3 aromatic heterocycles. The summed E-state index contributed by atoms with van der Waals surface area (Å²) in [5.74, 6) is 1.06. The van der Waals surface area contributed by atoms with Gasteiger partial charge in [0.15, 0.2) is 6.10 Å². The minimum absolute atomic E-state index is 0.158. The maximum absolute atomic E-state index is 12.9. The third kappa shape index (κ3) is 3.88. The molecule has 166 valence electrons. The summed E-state index contributed by atoms with van der Waals surface area (Å²) < 4.78 is 49.4. The van der Waals surface area contributed by atoms with Crippen LogP contribution in [0.4, 0.5) is 24.1 Å². The fourth-order valence-electron chi connectivity index (χ4n) is 4.46. The topological polar surface area (TPSA) is 80.5 Å². The molecule has 4 atom stereocenters. The number of hydrogen-bond donors (Lipinski definition) is 1. The van der Waals surface area contributed by atoms with Crippen molar-refractivity contribution in [3.05, 3.63) is 24.2 Å². The van der Waals surface area contributed by atoms with Crippen LogP contribution >= 0.6 is 11.5 Å². The Bertz CT molecular complexity index is 1070. The second kappa shape index (κ2) is 7.50. The summed E-state index contributed by atoms with van der Waals surface area (Å²) in [5.41, 5.74) is 1.19. The van der Waals surface area contributed by atoms with E-state index in [1.54, 1.807) is 6.20 Å². The van der Waals surface area contributed by atoms with E-state index >= 15 is 0 Å². The van der Waals surface area contributed by atoms with Gasteiger partial charge in [0.1, 0.15) is 5.00 Å². The van der Waals surface area contributed by atoms with Crippen LogP contribution in [-0.2, 0) is 0 Å². The summed E-state index contributed by atoms with van der Waals surface area (Å²) in [7, 11) is 0. The number of fused-ring (bicyclic) bond motifs is 3. The van der Waals surface area contributed by atoms with Crippen LogP contribution in [0.1, 0.15) is 25.5 Å². The molecule has 12 heteroatoms. The molecule has 2 aliphatic rings. The Hall–Kier alpha value is -2.63. The fourth-order valence-corrected chi connectivity index (χ4v) is 5.24. The predicted molar refractivity (Wildman–Crippen MR) is 110 cm³/mol. The van der Waals surface area contributed by atoms with Crippen LogP contribution in [-0.4, -0.2) is 55.4 Å². The van der Waals surface area contributed by atoms with E-state index in [4.69, 9.17) is 4.74 Å². The Morgan fingerprint density at radius 2 is 2.00 bits per heavy atom. The molecule has 4 heterocycles. The van der Waals surface area contributed by atoms with E-state index < -0.39 is 12.3 Å². The molecule has 1 aliphatic carbocycles. The van der Waals surface area contributed by atoms with Gasteiger partial charge >= 0.3 is 6.18 Å². The molecule has 1 unspecified atom stereocenters. The van der Waals surface area contributed by atoms with Crippen molar-refractivity contribution in [2.75, 3.05) is 23.3 Å². The highest BCUT2D eigenvalue weighted by atomic mass is 32.1. The average Bonchev–Trinajstić information content (AvgIpc) is 3.38. The molecule has 3 aromatic rings. The Balaban J connectivity index is 1.33. The molecule has 1 aliphatic heterocycles. The highest BCUT2D eigenvalue weighted by Crippen LogP contribution is 2.41. The number of aryl methyl sites for hydroxylation is 1. The molecule has 0 aromatic carbocycles. The highest BCUT2D eigenvalue weighted by Gasteiger charge is 2.43. The van der Waals surface area contributed by atoms with Crippen LogP contribution in [0.5, 0.6) is 5.88 Å². The van der Waals surface area contributed by atoms with Gasteiger partial charge in [-0.1, -0.05) is 0 Å². The number of rotatable bonds is 5. The first-order valence-electron chi connectivity index (χ1n) is 10.2. The highest BCUT2D eigenvalue weighted by molar-refractivity contribution is 7.10. The second-order valence-electron chi connectivity index (χ2n) is 8.22. The lowest BCUT2D eigenvalue weighted by Crippen LogP contribution is -2.48. The third-order valence-electron chi connectivity index (χ3n) is 6.03. The van der Waals surface area contributed by atoms with Gasteiger partial charge in [-0.3, -0.25) is 0 Å². The summed E-state index contributed by atoms with van der Waals surface area (Å²) in [5, 5.41) is 9.02. The van der Waals surface area contributed by atoms with Crippen LogP contribution in [0, 0.1) is 18.8 Å². The number of piperidine rings is 1. The molecular weight excluding hydrogens is 431 g/mol. The van der Waals surface area contributed by atoms with Gasteiger partial charge in [0.05, 0.1) is 5.69 Å². The molecule has 1 N–H and O–H groups in total. The number of ether oxygens (including phenoxy) is 1. The molecule has 2 fully saturated rings. The molecule has 0 spiro atoms. The van der Waals surface area contributed by atoms with E-state index in [2.05, 4.69) is 35.7 Å². The zero-order valence-electron chi connectivity index (χ0n) is 17.0. The van der Waals surface area contributed by atoms with Crippen molar-refractivity contribution in [1.29, 1.82) is 0 Å². The fraction of sp³-hybridized carbons (Fsp3) is 0.579. The molecule has 0 radical (unpaired) electrons. The quantitative estimate of drug-likeness (QED) is 0.633. The lowest BCUT2D eigenvalue weighted by atomic mass is 9.92. The molecule has 2 bridgehead atoms.